The number of sulfonamides is 1. The van der Waals surface area contributed by atoms with Crippen LogP contribution >= 0.6 is 11.3 Å². The largest absolute Gasteiger partial charge is 0.497 e. The lowest BCUT2D eigenvalue weighted by molar-refractivity contribution is 0.0951. The highest BCUT2D eigenvalue weighted by molar-refractivity contribution is 7.91. The highest BCUT2D eigenvalue weighted by Crippen LogP contribution is 2.27. The minimum Gasteiger partial charge on any atom is -0.497 e. The van der Waals surface area contributed by atoms with E-state index in [9.17, 15) is 13.2 Å². The van der Waals surface area contributed by atoms with Crippen molar-refractivity contribution in [3.05, 3.63) is 113 Å². The summed E-state index contributed by atoms with van der Waals surface area (Å²) < 4.78 is 39.5. The predicted octanol–water partition coefficient (Wildman–Crippen LogP) is 5.21. The van der Waals surface area contributed by atoms with Crippen LogP contribution in [0, 0.1) is 0 Å². The van der Waals surface area contributed by atoms with E-state index in [-0.39, 0.29) is 18.5 Å². The van der Waals surface area contributed by atoms with Gasteiger partial charge >= 0.3 is 0 Å². The summed E-state index contributed by atoms with van der Waals surface area (Å²) >= 11 is 1.19. The molecule has 2 heterocycles. The molecule has 5 rings (SSSR count). The molecular formula is C32H35N3O5S2. The van der Waals surface area contributed by atoms with Gasteiger partial charge in [-0.15, -0.1) is 11.3 Å². The van der Waals surface area contributed by atoms with Crippen LogP contribution in [-0.2, 0) is 29.7 Å². The van der Waals surface area contributed by atoms with Crippen molar-refractivity contribution in [1.82, 2.24) is 14.9 Å². The van der Waals surface area contributed by atoms with Gasteiger partial charge in [-0.3, -0.25) is 4.79 Å². The van der Waals surface area contributed by atoms with Crippen LogP contribution in [-0.4, -0.2) is 44.9 Å². The van der Waals surface area contributed by atoms with Gasteiger partial charge in [0, 0.05) is 36.1 Å². The molecule has 1 aliphatic heterocycles. The average Bonchev–Trinajstić information content (AvgIpc) is 3.53. The van der Waals surface area contributed by atoms with E-state index < -0.39 is 10.0 Å². The lowest BCUT2D eigenvalue weighted by atomic mass is 10.1. The van der Waals surface area contributed by atoms with E-state index in [1.807, 2.05) is 42.5 Å². The Bertz CT molecular complexity index is 1570. The fourth-order valence-corrected chi connectivity index (χ4v) is 7.68. The second-order valence-corrected chi connectivity index (χ2v) is 13.4. The highest BCUT2D eigenvalue weighted by atomic mass is 32.2. The highest BCUT2D eigenvalue weighted by Gasteiger charge is 2.30. The number of carbonyl (C=O) groups excluding carboxylic acids is 1. The number of nitrogens with zero attached hydrogens (tertiary/aromatic N) is 1. The van der Waals surface area contributed by atoms with Crippen molar-refractivity contribution in [3.63, 3.8) is 0 Å². The number of amides is 1. The SMILES string of the molecule is COc1cccc(C(=O)NCc2ccc(S(=O)(=O)N3CCC(NCc4ccc(OCc5ccccc5)cc4)CC3)s2)c1. The standard InChI is InChI=1S/C32H35N3O5S2/c1-39-29-9-5-8-26(20-29)32(36)34-22-30-14-15-31(41-30)42(37,38)35-18-16-27(17-19-35)33-21-24-10-12-28(13-11-24)40-23-25-6-3-2-4-7-25/h2-15,20,27,33H,16-19,21-23H2,1H3,(H,34,36). The molecule has 0 aliphatic carbocycles. The molecule has 220 valence electrons. The first kappa shape index (κ1) is 29.8. The summed E-state index contributed by atoms with van der Waals surface area (Å²) in [6.45, 7) is 2.43. The van der Waals surface area contributed by atoms with E-state index >= 15 is 0 Å². The van der Waals surface area contributed by atoms with Crippen LogP contribution < -0.4 is 20.1 Å². The molecule has 0 unspecified atom stereocenters. The topological polar surface area (TPSA) is 97.0 Å². The van der Waals surface area contributed by atoms with Crippen LogP contribution in [0.4, 0.5) is 0 Å². The van der Waals surface area contributed by atoms with E-state index in [0.29, 0.717) is 41.8 Å². The summed E-state index contributed by atoms with van der Waals surface area (Å²) in [5.74, 6) is 1.19. The van der Waals surface area contributed by atoms with Gasteiger partial charge < -0.3 is 20.1 Å². The Morgan fingerprint density at radius 2 is 1.64 bits per heavy atom. The third kappa shape index (κ3) is 7.77. The third-order valence-electron chi connectivity index (χ3n) is 7.21. The van der Waals surface area contributed by atoms with Crippen molar-refractivity contribution in [1.29, 1.82) is 0 Å². The van der Waals surface area contributed by atoms with Gasteiger partial charge in [0.15, 0.2) is 0 Å². The number of carbonyl (C=O) groups is 1. The van der Waals surface area contributed by atoms with E-state index in [1.165, 1.54) is 11.3 Å². The first-order valence-electron chi connectivity index (χ1n) is 13.9. The summed E-state index contributed by atoms with van der Waals surface area (Å²) in [6.07, 6.45) is 1.48. The summed E-state index contributed by atoms with van der Waals surface area (Å²) in [7, 11) is -2.03. The summed E-state index contributed by atoms with van der Waals surface area (Å²) in [4.78, 5) is 13.3. The quantitative estimate of drug-likeness (QED) is 0.230. The molecule has 3 aromatic carbocycles. The van der Waals surface area contributed by atoms with Gasteiger partial charge in [-0.2, -0.15) is 4.31 Å². The van der Waals surface area contributed by atoms with Crippen molar-refractivity contribution in [2.75, 3.05) is 20.2 Å². The molecule has 0 saturated carbocycles. The van der Waals surface area contributed by atoms with Crippen LogP contribution in [0.5, 0.6) is 11.5 Å². The number of piperidine rings is 1. The third-order valence-corrected chi connectivity index (χ3v) is 10.7. The number of ether oxygens (including phenoxy) is 2. The molecule has 8 nitrogen and oxygen atoms in total. The maximum absolute atomic E-state index is 13.3. The molecule has 0 spiro atoms. The Hall–Kier alpha value is -3.70. The number of methoxy groups -OCH3 is 1. The molecule has 0 bridgehead atoms. The Kier molecular flexibility index (Phi) is 9.91. The maximum atomic E-state index is 13.3. The Labute approximate surface area is 251 Å². The number of thiophene rings is 1. The van der Waals surface area contributed by atoms with Crippen LogP contribution in [0.15, 0.2) is 95.2 Å². The Balaban J connectivity index is 1.06. The summed E-state index contributed by atoms with van der Waals surface area (Å²) in [6, 6.07) is 28.7. The fraction of sp³-hybridized carbons (Fsp3) is 0.281. The number of hydrogen-bond donors (Lipinski definition) is 2. The second-order valence-electron chi connectivity index (χ2n) is 10.1. The van der Waals surface area contributed by atoms with Crippen molar-refractivity contribution in [2.45, 2.75) is 42.8 Å². The van der Waals surface area contributed by atoms with Crippen LogP contribution in [0.2, 0.25) is 0 Å². The zero-order valence-electron chi connectivity index (χ0n) is 23.5. The Morgan fingerprint density at radius 3 is 2.38 bits per heavy atom. The van der Waals surface area contributed by atoms with Gasteiger partial charge in [-0.05, 0) is 66.4 Å². The smallest absolute Gasteiger partial charge is 0.252 e. The second kappa shape index (κ2) is 14.0. The van der Waals surface area contributed by atoms with Gasteiger partial charge in [-0.1, -0.05) is 48.5 Å². The summed E-state index contributed by atoms with van der Waals surface area (Å²) in [5.41, 5.74) is 2.77. The zero-order valence-corrected chi connectivity index (χ0v) is 25.1. The monoisotopic (exact) mass is 605 g/mol. The lowest BCUT2D eigenvalue weighted by Gasteiger charge is -2.31. The van der Waals surface area contributed by atoms with Crippen molar-refractivity contribution < 1.29 is 22.7 Å². The van der Waals surface area contributed by atoms with Gasteiger partial charge in [0.25, 0.3) is 15.9 Å². The molecule has 1 amide bonds. The first-order chi connectivity index (χ1) is 20.4. The van der Waals surface area contributed by atoms with E-state index in [4.69, 9.17) is 9.47 Å². The van der Waals surface area contributed by atoms with Crippen molar-refractivity contribution >= 4 is 27.3 Å². The van der Waals surface area contributed by atoms with Gasteiger partial charge in [0.1, 0.15) is 22.3 Å². The van der Waals surface area contributed by atoms with E-state index in [2.05, 4.69) is 22.8 Å². The fourth-order valence-electron chi connectivity index (χ4n) is 4.76. The van der Waals surface area contributed by atoms with Crippen LogP contribution in [0.3, 0.4) is 0 Å². The predicted molar refractivity (Wildman–Crippen MR) is 164 cm³/mol. The lowest BCUT2D eigenvalue weighted by Crippen LogP contribution is -2.44. The van der Waals surface area contributed by atoms with Gasteiger partial charge in [0.05, 0.1) is 13.7 Å². The minimum atomic E-state index is -3.58. The Morgan fingerprint density at radius 1 is 0.881 bits per heavy atom. The number of hydrogen-bond acceptors (Lipinski definition) is 7. The number of nitrogens with one attached hydrogen (secondary N) is 2. The summed E-state index contributed by atoms with van der Waals surface area (Å²) in [5, 5.41) is 6.42. The molecule has 1 saturated heterocycles. The van der Waals surface area contributed by atoms with Crippen LogP contribution in [0.1, 0.15) is 39.2 Å². The molecule has 0 atom stereocenters. The molecule has 1 aromatic heterocycles. The molecule has 1 aliphatic rings. The average molecular weight is 606 g/mol. The molecular weight excluding hydrogens is 571 g/mol. The normalized spacial score (nSPS) is 14.4. The van der Waals surface area contributed by atoms with Gasteiger partial charge in [0.2, 0.25) is 0 Å². The van der Waals surface area contributed by atoms with Crippen molar-refractivity contribution in [3.8, 4) is 11.5 Å². The molecule has 2 N–H and O–H groups in total. The maximum Gasteiger partial charge on any atom is 0.252 e. The van der Waals surface area contributed by atoms with Gasteiger partial charge in [-0.25, -0.2) is 8.42 Å². The molecule has 1 fully saturated rings. The van der Waals surface area contributed by atoms with Crippen LogP contribution in [0.25, 0.3) is 0 Å². The molecule has 10 heteroatoms. The molecule has 4 aromatic rings. The molecule has 42 heavy (non-hydrogen) atoms. The van der Waals surface area contributed by atoms with E-state index in [0.717, 1.165) is 34.6 Å². The first-order valence-corrected chi connectivity index (χ1v) is 16.2. The molecule has 0 radical (unpaired) electrons. The van der Waals surface area contributed by atoms with Crippen molar-refractivity contribution in [2.24, 2.45) is 0 Å². The zero-order chi connectivity index (χ0) is 29.4. The number of rotatable bonds is 12. The van der Waals surface area contributed by atoms with E-state index in [1.54, 1.807) is 47.8 Å². The minimum absolute atomic E-state index is 0.242. The number of benzene rings is 3.